The molecule has 0 aliphatic heterocycles. The Bertz CT molecular complexity index is 176. The van der Waals surface area contributed by atoms with E-state index in [-0.39, 0.29) is 0 Å². The van der Waals surface area contributed by atoms with E-state index in [1.165, 1.54) is 17.3 Å². The fourth-order valence-electron chi connectivity index (χ4n) is 0.381. The van der Waals surface area contributed by atoms with E-state index in [2.05, 4.69) is 10.1 Å². The van der Waals surface area contributed by atoms with Crippen molar-refractivity contribution in [3.05, 3.63) is 12.7 Å². The third-order valence-corrected chi connectivity index (χ3v) is 0.762. The Morgan fingerprint density at radius 1 is 1.75 bits per heavy atom. The lowest BCUT2D eigenvalue weighted by molar-refractivity contribution is 0.917. The van der Waals surface area contributed by atoms with E-state index in [1.807, 2.05) is 0 Å². The summed E-state index contributed by atoms with van der Waals surface area (Å²) in [4.78, 5) is 3.65. The molecule has 0 amide bonds. The lowest BCUT2D eigenvalue weighted by Crippen LogP contribution is -2.04. The molecule has 0 aromatic carbocycles. The molecule has 0 unspecified atom stereocenters. The van der Waals surface area contributed by atoms with Gasteiger partial charge in [-0.1, -0.05) is 0 Å². The minimum Gasteiger partial charge on any atom is -0.287 e. The van der Waals surface area contributed by atoms with E-state index in [1.54, 1.807) is 6.92 Å². The van der Waals surface area contributed by atoms with Crippen LogP contribution in [-0.4, -0.2) is 20.6 Å². The lowest BCUT2D eigenvalue weighted by atomic mass is 10.7. The van der Waals surface area contributed by atoms with Crippen molar-refractivity contribution in [2.24, 2.45) is 0 Å². The van der Waals surface area contributed by atoms with E-state index >= 15 is 0 Å². The van der Waals surface area contributed by atoms with Gasteiger partial charge in [-0.25, -0.2) is 9.67 Å². The summed E-state index contributed by atoms with van der Waals surface area (Å²) in [6, 6.07) is 0. The van der Waals surface area contributed by atoms with Crippen molar-refractivity contribution in [3.8, 4) is 0 Å². The second-order valence-electron chi connectivity index (χ2n) is 1.43. The predicted octanol–water partition coefficient (Wildman–Crippen LogP) is 0.123. The van der Waals surface area contributed by atoms with Crippen LogP contribution in [0.3, 0.4) is 0 Å². The van der Waals surface area contributed by atoms with Gasteiger partial charge in [0.05, 0.1) is 0 Å². The molecule has 0 radical (unpaired) electrons. The van der Waals surface area contributed by atoms with Gasteiger partial charge in [0.25, 0.3) is 0 Å². The smallest absolute Gasteiger partial charge is 0.138 e. The number of rotatable bonds is 0. The summed E-state index contributed by atoms with van der Waals surface area (Å²) in [5.74, 6) is 0.377. The van der Waals surface area contributed by atoms with Crippen LogP contribution in [0.4, 0.5) is 0 Å². The van der Waals surface area contributed by atoms with Crippen molar-refractivity contribution in [3.63, 3.8) is 0 Å². The zero-order chi connectivity index (χ0) is 5.98. The highest BCUT2D eigenvalue weighted by Crippen LogP contribution is 1.75. The fraction of sp³-hybridized carbons (Fsp3) is 0.250. The zero-order valence-electron chi connectivity index (χ0n) is 4.50. The van der Waals surface area contributed by atoms with Crippen LogP contribution in [0, 0.1) is 5.41 Å². The monoisotopic (exact) mass is 110 g/mol. The molecule has 1 rings (SSSR count). The molecule has 1 aromatic heterocycles. The average Bonchev–Trinajstić information content (AvgIpc) is 2.12. The van der Waals surface area contributed by atoms with Crippen molar-refractivity contribution in [1.29, 1.82) is 5.41 Å². The van der Waals surface area contributed by atoms with Gasteiger partial charge < -0.3 is 0 Å². The molecule has 0 saturated carbocycles. The number of nitrogens with zero attached hydrogens (tertiary/aromatic N) is 3. The Morgan fingerprint density at radius 2 is 2.50 bits per heavy atom. The summed E-state index contributed by atoms with van der Waals surface area (Å²) >= 11 is 0. The van der Waals surface area contributed by atoms with Crippen LogP contribution in [0.15, 0.2) is 12.7 Å². The molecule has 1 N–H and O–H groups in total. The Labute approximate surface area is 46.7 Å². The van der Waals surface area contributed by atoms with Gasteiger partial charge in [0.1, 0.15) is 18.5 Å². The Morgan fingerprint density at radius 3 is 2.75 bits per heavy atom. The van der Waals surface area contributed by atoms with E-state index in [0.29, 0.717) is 5.84 Å². The topological polar surface area (TPSA) is 54.6 Å². The van der Waals surface area contributed by atoms with E-state index < -0.39 is 0 Å². The van der Waals surface area contributed by atoms with Crippen LogP contribution in [0.25, 0.3) is 0 Å². The fourth-order valence-corrected chi connectivity index (χ4v) is 0.381. The van der Waals surface area contributed by atoms with Crippen LogP contribution >= 0.6 is 0 Å². The highest BCUT2D eigenvalue weighted by molar-refractivity contribution is 5.77. The molecule has 1 heterocycles. The van der Waals surface area contributed by atoms with Gasteiger partial charge in [-0.05, 0) is 6.92 Å². The summed E-state index contributed by atoms with van der Waals surface area (Å²) in [5, 5.41) is 10.7. The molecule has 8 heavy (non-hydrogen) atoms. The van der Waals surface area contributed by atoms with Crippen LogP contribution in [0.1, 0.15) is 6.92 Å². The molecule has 0 bridgehead atoms. The summed E-state index contributed by atoms with van der Waals surface area (Å²) in [6.45, 7) is 1.65. The molecule has 1 aromatic rings. The standard InChI is InChI=1S/C4H6N4/c1-4(5)8-3-6-2-7-8/h2-3,5H,1H3. The Kier molecular flexibility index (Phi) is 1.07. The normalized spacial score (nSPS) is 9.12. The van der Waals surface area contributed by atoms with Crippen molar-refractivity contribution < 1.29 is 0 Å². The van der Waals surface area contributed by atoms with Crippen LogP contribution < -0.4 is 0 Å². The van der Waals surface area contributed by atoms with Crippen molar-refractivity contribution in [2.45, 2.75) is 6.92 Å². The average molecular weight is 110 g/mol. The number of hydrogen-bond donors (Lipinski definition) is 1. The second kappa shape index (κ2) is 1.73. The minimum absolute atomic E-state index is 0.377. The SMILES string of the molecule is CC(=N)n1cncn1. The first-order chi connectivity index (χ1) is 3.80. The third-order valence-electron chi connectivity index (χ3n) is 0.762. The van der Waals surface area contributed by atoms with Gasteiger partial charge in [-0.2, -0.15) is 5.10 Å². The first kappa shape index (κ1) is 4.96. The molecule has 0 spiro atoms. The first-order valence-corrected chi connectivity index (χ1v) is 2.21. The van der Waals surface area contributed by atoms with Gasteiger partial charge in [0, 0.05) is 0 Å². The highest BCUT2D eigenvalue weighted by Gasteiger charge is 1.87. The largest absolute Gasteiger partial charge is 0.287 e. The molecule has 0 atom stereocenters. The van der Waals surface area contributed by atoms with E-state index in [9.17, 15) is 0 Å². The molecular weight excluding hydrogens is 104 g/mol. The molecule has 0 fully saturated rings. The van der Waals surface area contributed by atoms with Gasteiger partial charge in [0.15, 0.2) is 0 Å². The summed E-state index contributed by atoms with van der Waals surface area (Å²) in [7, 11) is 0. The zero-order valence-corrected chi connectivity index (χ0v) is 4.50. The van der Waals surface area contributed by atoms with Crippen molar-refractivity contribution >= 4 is 5.84 Å². The molecule has 0 saturated heterocycles. The Hall–Kier alpha value is -1.19. The second-order valence-corrected chi connectivity index (χ2v) is 1.43. The summed E-state index contributed by atoms with van der Waals surface area (Å²) in [6.07, 6.45) is 2.89. The maximum Gasteiger partial charge on any atom is 0.138 e. The van der Waals surface area contributed by atoms with Crippen LogP contribution in [0.5, 0.6) is 0 Å². The third kappa shape index (κ3) is 0.726. The summed E-state index contributed by atoms with van der Waals surface area (Å²) in [5.41, 5.74) is 0. The molecule has 0 aliphatic rings. The van der Waals surface area contributed by atoms with Gasteiger partial charge in [0.2, 0.25) is 0 Å². The van der Waals surface area contributed by atoms with E-state index in [4.69, 9.17) is 5.41 Å². The molecule has 0 aliphatic carbocycles. The molecule has 4 nitrogen and oxygen atoms in total. The lowest BCUT2D eigenvalue weighted by Gasteiger charge is -1.89. The van der Waals surface area contributed by atoms with Crippen LogP contribution in [0.2, 0.25) is 0 Å². The predicted molar refractivity (Wildman–Crippen MR) is 28.8 cm³/mol. The van der Waals surface area contributed by atoms with Crippen molar-refractivity contribution in [2.75, 3.05) is 0 Å². The number of nitrogens with one attached hydrogen (secondary N) is 1. The maximum absolute atomic E-state index is 7.01. The molecule has 42 valence electrons. The summed E-state index contributed by atoms with van der Waals surface area (Å²) < 4.78 is 1.39. The van der Waals surface area contributed by atoms with Gasteiger partial charge in [-0.15, -0.1) is 0 Å². The molecular formula is C4H6N4. The van der Waals surface area contributed by atoms with Crippen molar-refractivity contribution in [1.82, 2.24) is 14.8 Å². The minimum atomic E-state index is 0.377. The van der Waals surface area contributed by atoms with Gasteiger partial charge in [-0.3, -0.25) is 5.41 Å². The number of hydrogen-bond acceptors (Lipinski definition) is 3. The highest BCUT2D eigenvalue weighted by atomic mass is 15.3. The molecule has 4 heteroatoms. The number of aromatic nitrogens is 3. The van der Waals surface area contributed by atoms with Crippen LogP contribution in [-0.2, 0) is 0 Å². The quantitative estimate of drug-likeness (QED) is 0.381. The van der Waals surface area contributed by atoms with E-state index in [0.717, 1.165) is 0 Å². The maximum atomic E-state index is 7.01. The Balaban J connectivity index is 2.93. The van der Waals surface area contributed by atoms with Gasteiger partial charge >= 0.3 is 0 Å². The first-order valence-electron chi connectivity index (χ1n) is 2.21.